The number of rotatable bonds is 5. The number of phenolic OH excluding ortho intramolecular Hbond substituents is 1. The summed E-state index contributed by atoms with van der Waals surface area (Å²) in [4.78, 5) is 15.2. The third-order valence-corrected chi connectivity index (χ3v) is 6.63. The fraction of sp³-hybridized carbons (Fsp3) is 0.500. The Morgan fingerprint density at radius 3 is 2.00 bits per heavy atom. The minimum atomic E-state index is -0.447. The molecule has 5 nitrogen and oxygen atoms in total. The topological polar surface area (TPSA) is 73.6 Å². The van der Waals surface area contributed by atoms with Crippen molar-refractivity contribution in [3.05, 3.63) is 63.7 Å². The first-order valence-corrected chi connectivity index (χ1v) is 11.5. The number of fused-ring (bicyclic) bond motifs is 1. The molecule has 0 bridgehead atoms. The van der Waals surface area contributed by atoms with E-state index in [-0.39, 0.29) is 45.9 Å². The van der Waals surface area contributed by atoms with Gasteiger partial charge in [0.15, 0.2) is 5.78 Å². The zero-order valence-corrected chi connectivity index (χ0v) is 23.6. The fourth-order valence-electron chi connectivity index (χ4n) is 4.22. The number of ether oxygens (including phenoxy) is 1. The highest BCUT2D eigenvalue weighted by atomic mass is 79.9. The van der Waals surface area contributed by atoms with Crippen LogP contribution in [-0.2, 0) is 27.7 Å². The quantitative estimate of drug-likeness (QED) is 0.434. The average Bonchev–Trinajstić information content (AvgIpc) is 3.01. The molecule has 2 aromatic rings. The molecule has 34 heavy (non-hydrogen) atoms. The Bertz CT molecular complexity index is 1070. The molecule has 1 aliphatic heterocycles. The van der Waals surface area contributed by atoms with Crippen LogP contribution in [0.1, 0.15) is 93.6 Å². The minimum Gasteiger partial charge on any atom is -0.507 e. The number of ketones is 1. The van der Waals surface area contributed by atoms with Crippen LogP contribution >= 0.6 is 17.0 Å². The van der Waals surface area contributed by atoms with E-state index in [2.05, 4.69) is 0 Å². The van der Waals surface area contributed by atoms with E-state index in [0.29, 0.717) is 17.9 Å². The number of carbonyl (C=O) groups excluding carboxylic acids is 1. The molecule has 2 N–H and O–H groups in total. The summed E-state index contributed by atoms with van der Waals surface area (Å²) in [5.74, 6) is 0.570. The van der Waals surface area contributed by atoms with E-state index in [4.69, 9.17) is 10.1 Å². The Labute approximate surface area is 214 Å². The summed E-state index contributed by atoms with van der Waals surface area (Å²) in [5, 5.41) is 19.7. The van der Waals surface area contributed by atoms with Crippen LogP contribution < -0.4 is 0 Å². The van der Waals surface area contributed by atoms with Gasteiger partial charge in [0.25, 0.3) is 0 Å². The molecule has 0 spiro atoms. The Hall–Kier alpha value is -2.18. The van der Waals surface area contributed by atoms with Gasteiger partial charge in [0.1, 0.15) is 11.6 Å². The SMILES string of the molecule is Br.COC(C)(C)c1ccc2c(c1)C(=N)N(CC(=O)c1cc(C(C)(C)C)c(O)c(C(C)(C)C)c1)C2. The molecule has 6 heteroatoms. The van der Waals surface area contributed by atoms with E-state index < -0.39 is 5.60 Å². The van der Waals surface area contributed by atoms with Gasteiger partial charge in [-0.15, -0.1) is 17.0 Å². The van der Waals surface area contributed by atoms with E-state index in [1.807, 2.05) is 90.6 Å². The van der Waals surface area contributed by atoms with E-state index in [9.17, 15) is 9.90 Å². The zero-order chi connectivity index (χ0) is 24.9. The normalized spacial score (nSPS) is 14.1. The standard InChI is InChI=1S/C28H38N2O3.BrH/c1-26(2,3)21-12-18(13-22(24(21)32)27(4,5)6)23(31)16-30-15-17-10-11-19(28(7,8)33-9)14-20(17)25(30)29;/h10-14,29,32H,15-16H2,1-9H3;1H. The van der Waals surface area contributed by atoms with Crippen molar-refractivity contribution in [3.8, 4) is 5.75 Å². The lowest BCUT2D eigenvalue weighted by Crippen LogP contribution is -2.31. The number of phenols is 1. The van der Waals surface area contributed by atoms with Crippen molar-refractivity contribution < 1.29 is 14.6 Å². The summed E-state index contributed by atoms with van der Waals surface area (Å²) in [6.07, 6.45) is 0. The Morgan fingerprint density at radius 1 is 1.00 bits per heavy atom. The molecule has 186 valence electrons. The molecule has 0 aromatic heterocycles. The summed E-state index contributed by atoms with van der Waals surface area (Å²) in [7, 11) is 1.68. The second-order valence-electron chi connectivity index (χ2n) is 11.6. The van der Waals surface area contributed by atoms with Crippen LogP contribution in [0.2, 0.25) is 0 Å². The monoisotopic (exact) mass is 530 g/mol. The molecule has 3 rings (SSSR count). The first kappa shape index (κ1) is 28.1. The molecule has 2 aromatic carbocycles. The van der Waals surface area contributed by atoms with E-state index >= 15 is 0 Å². The van der Waals surface area contributed by atoms with Gasteiger partial charge in [-0.2, -0.15) is 0 Å². The third kappa shape index (κ3) is 5.38. The van der Waals surface area contributed by atoms with Gasteiger partial charge in [0, 0.05) is 35.9 Å². The molecule has 0 saturated heterocycles. The van der Waals surface area contributed by atoms with Gasteiger partial charge in [0.2, 0.25) is 0 Å². The number of nitrogens with one attached hydrogen (secondary N) is 1. The summed E-state index contributed by atoms with van der Waals surface area (Å²) in [6.45, 7) is 16.9. The van der Waals surface area contributed by atoms with Gasteiger partial charge >= 0.3 is 0 Å². The average molecular weight is 532 g/mol. The van der Waals surface area contributed by atoms with Crippen LogP contribution in [0.5, 0.6) is 5.75 Å². The van der Waals surface area contributed by atoms with Gasteiger partial charge in [0.05, 0.1) is 12.1 Å². The molecule has 0 atom stereocenters. The summed E-state index contributed by atoms with van der Waals surface area (Å²) in [6, 6.07) is 9.70. The number of carbonyl (C=O) groups is 1. The van der Waals surface area contributed by atoms with Gasteiger partial charge in [-0.3, -0.25) is 10.2 Å². The van der Waals surface area contributed by atoms with Crippen LogP contribution in [0, 0.1) is 5.41 Å². The lowest BCUT2D eigenvalue weighted by molar-refractivity contribution is 0.0192. The van der Waals surface area contributed by atoms with Crippen LogP contribution in [0.15, 0.2) is 30.3 Å². The van der Waals surface area contributed by atoms with Gasteiger partial charge in [-0.1, -0.05) is 53.7 Å². The number of hydrogen-bond acceptors (Lipinski definition) is 4. The smallest absolute Gasteiger partial charge is 0.182 e. The lowest BCUT2D eigenvalue weighted by atomic mass is 9.78. The highest BCUT2D eigenvalue weighted by molar-refractivity contribution is 8.93. The highest BCUT2D eigenvalue weighted by Gasteiger charge is 2.31. The molecule has 0 unspecified atom stereocenters. The molecular formula is C28H39BrN2O3. The number of aromatic hydroxyl groups is 1. The van der Waals surface area contributed by atoms with Crippen LogP contribution in [0.4, 0.5) is 0 Å². The van der Waals surface area contributed by atoms with Crippen LogP contribution in [-0.4, -0.2) is 35.3 Å². The second kappa shape index (κ2) is 9.46. The molecule has 0 amide bonds. The molecule has 0 radical (unpaired) electrons. The zero-order valence-electron chi connectivity index (χ0n) is 21.9. The highest BCUT2D eigenvalue weighted by Crippen LogP contribution is 2.40. The number of nitrogens with zero attached hydrogens (tertiary/aromatic N) is 1. The number of Topliss-reactive ketones (excluding diaryl/α,β-unsaturated/α-hetero) is 1. The Kier molecular flexibility index (Phi) is 7.81. The van der Waals surface area contributed by atoms with E-state index in [1.165, 1.54) is 0 Å². The fourth-order valence-corrected chi connectivity index (χ4v) is 4.22. The Balaban J connectivity index is 0.00000408. The summed E-state index contributed by atoms with van der Waals surface area (Å²) >= 11 is 0. The predicted molar refractivity (Wildman–Crippen MR) is 144 cm³/mol. The summed E-state index contributed by atoms with van der Waals surface area (Å²) in [5.41, 5.74) is 3.95. The predicted octanol–water partition coefficient (Wildman–Crippen LogP) is 6.47. The maximum Gasteiger partial charge on any atom is 0.182 e. The van der Waals surface area contributed by atoms with E-state index in [0.717, 1.165) is 27.8 Å². The maximum absolute atomic E-state index is 13.4. The van der Waals surface area contributed by atoms with E-state index in [1.54, 1.807) is 7.11 Å². The molecule has 1 heterocycles. The third-order valence-electron chi connectivity index (χ3n) is 6.63. The van der Waals surface area contributed by atoms with Crippen molar-refractivity contribution in [2.45, 2.75) is 78.4 Å². The summed E-state index contributed by atoms with van der Waals surface area (Å²) < 4.78 is 5.60. The minimum absolute atomic E-state index is 0. The van der Waals surface area contributed by atoms with Crippen molar-refractivity contribution in [2.75, 3.05) is 13.7 Å². The number of amidine groups is 1. The second-order valence-corrected chi connectivity index (χ2v) is 11.6. The van der Waals surface area contributed by atoms with Gasteiger partial charge in [-0.05, 0) is 54.0 Å². The van der Waals surface area contributed by atoms with Crippen molar-refractivity contribution in [2.24, 2.45) is 0 Å². The maximum atomic E-state index is 13.4. The van der Waals surface area contributed by atoms with Crippen molar-refractivity contribution in [1.82, 2.24) is 4.90 Å². The number of benzene rings is 2. The largest absolute Gasteiger partial charge is 0.507 e. The first-order valence-electron chi connectivity index (χ1n) is 11.5. The first-order chi connectivity index (χ1) is 15.1. The van der Waals surface area contributed by atoms with Crippen molar-refractivity contribution >= 4 is 28.6 Å². The molecule has 0 fully saturated rings. The molecular weight excluding hydrogens is 492 g/mol. The van der Waals surface area contributed by atoms with Gasteiger partial charge < -0.3 is 14.7 Å². The van der Waals surface area contributed by atoms with Crippen LogP contribution in [0.25, 0.3) is 0 Å². The van der Waals surface area contributed by atoms with Crippen molar-refractivity contribution in [3.63, 3.8) is 0 Å². The Morgan fingerprint density at radius 2 is 1.53 bits per heavy atom. The number of halogens is 1. The van der Waals surface area contributed by atoms with Crippen LogP contribution in [0.3, 0.4) is 0 Å². The molecule has 1 aliphatic rings. The molecule has 0 saturated carbocycles. The number of hydrogen-bond donors (Lipinski definition) is 2. The molecule has 0 aliphatic carbocycles. The lowest BCUT2D eigenvalue weighted by Gasteiger charge is -2.28. The van der Waals surface area contributed by atoms with Gasteiger partial charge in [-0.25, -0.2) is 0 Å². The van der Waals surface area contributed by atoms with Crippen molar-refractivity contribution in [1.29, 1.82) is 5.41 Å². The number of methoxy groups -OCH3 is 1.